The fraction of sp³-hybridized carbons (Fsp3) is 0.650. The SMILES string of the molecule is CN1CCN(c2ccc(NCC(=O)N3CCC4(CC3)OCCO4)cc2)CC1. The van der Waals surface area contributed by atoms with Crippen LogP contribution in [-0.2, 0) is 14.3 Å². The summed E-state index contributed by atoms with van der Waals surface area (Å²) in [5.74, 6) is -0.297. The van der Waals surface area contributed by atoms with Crippen molar-refractivity contribution in [2.24, 2.45) is 0 Å². The number of likely N-dealkylation sites (N-methyl/N-ethyl adjacent to an activating group) is 1. The summed E-state index contributed by atoms with van der Waals surface area (Å²) in [7, 11) is 2.16. The Morgan fingerprint density at radius 1 is 1.00 bits per heavy atom. The maximum atomic E-state index is 12.5. The Hall–Kier alpha value is -1.83. The van der Waals surface area contributed by atoms with Crippen molar-refractivity contribution >= 4 is 17.3 Å². The minimum atomic E-state index is -0.427. The Morgan fingerprint density at radius 3 is 2.26 bits per heavy atom. The number of nitrogens with zero attached hydrogens (tertiary/aromatic N) is 3. The summed E-state index contributed by atoms with van der Waals surface area (Å²) in [5, 5.41) is 3.26. The van der Waals surface area contributed by atoms with Gasteiger partial charge in [-0.25, -0.2) is 0 Å². The molecule has 3 fully saturated rings. The molecule has 7 heteroatoms. The number of amides is 1. The number of benzene rings is 1. The number of carbonyl (C=O) groups is 1. The lowest BCUT2D eigenvalue weighted by atomic mass is 10.0. The highest BCUT2D eigenvalue weighted by Gasteiger charge is 2.40. The normalized spacial score (nSPS) is 23.0. The highest BCUT2D eigenvalue weighted by Crippen LogP contribution is 2.31. The standard InChI is InChI=1S/C20H30N4O3/c1-22-10-12-23(13-11-22)18-4-2-17(3-5-18)21-16-19(25)24-8-6-20(7-9-24)26-14-15-27-20/h2-5,21H,6-16H2,1H3. The molecule has 0 aliphatic carbocycles. The van der Waals surface area contributed by atoms with E-state index in [0.717, 1.165) is 44.7 Å². The number of rotatable bonds is 4. The van der Waals surface area contributed by atoms with E-state index >= 15 is 0 Å². The van der Waals surface area contributed by atoms with E-state index in [1.165, 1.54) is 5.69 Å². The van der Waals surface area contributed by atoms with Crippen LogP contribution in [0.3, 0.4) is 0 Å². The zero-order chi connectivity index (χ0) is 18.7. The second-order valence-corrected chi connectivity index (χ2v) is 7.68. The zero-order valence-electron chi connectivity index (χ0n) is 16.2. The lowest BCUT2D eigenvalue weighted by Crippen LogP contribution is -2.48. The van der Waals surface area contributed by atoms with Gasteiger partial charge in [-0.3, -0.25) is 4.79 Å². The fourth-order valence-corrected chi connectivity index (χ4v) is 4.03. The third-order valence-electron chi connectivity index (χ3n) is 5.87. The molecule has 3 saturated heterocycles. The van der Waals surface area contributed by atoms with Crippen LogP contribution >= 0.6 is 0 Å². The molecule has 1 aromatic carbocycles. The van der Waals surface area contributed by atoms with E-state index in [1.807, 2.05) is 4.90 Å². The molecule has 3 aliphatic rings. The fourth-order valence-electron chi connectivity index (χ4n) is 4.03. The van der Waals surface area contributed by atoms with Gasteiger partial charge in [0.25, 0.3) is 0 Å². The maximum absolute atomic E-state index is 12.5. The van der Waals surface area contributed by atoms with E-state index in [4.69, 9.17) is 9.47 Å². The van der Waals surface area contributed by atoms with Crippen molar-refractivity contribution in [1.29, 1.82) is 0 Å². The number of nitrogens with one attached hydrogen (secondary N) is 1. The summed E-state index contributed by atoms with van der Waals surface area (Å²) in [6, 6.07) is 8.40. The van der Waals surface area contributed by atoms with Crippen LogP contribution < -0.4 is 10.2 Å². The molecule has 3 aliphatic heterocycles. The predicted molar refractivity (Wildman–Crippen MR) is 105 cm³/mol. The summed E-state index contributed by atoms with van der Waals surface area (Å²) in [6.45, 7) is 7.37. The molecule has 0 atom stereocenters. The van der Waals surface area contributed by atoms with Crippen LogP contribution in [0.5, 0.6) is 0 Å². The number of hydrogen-bond donors (Lipinski definition) is 1. The van der Waals surface area contributed by atoms with Crippen molar-refractivity contribution < 1.29 is 14.3 Å². The lowest BCUT2D eigenvalue weighted by molar-refractivity contribution is -0.187. The second kappa shape index (κ2) is 8.04. The Morgan fingerprint density at radius 2 is 1.63 bits per heavy atom. The van der Waals surface area contributed by atoms with Gasteiger partial charge in [0.05, 0.1) is 19.8 Å². The molecular formula is C20H30N4O3. The van der Waals surface area contributed by atoms with E-state index in [9.17, 15) is 4.79 Å². The molecule has 0 saturated carbocycles. The minimum absolute atomic E-state index is 0.131. The Labute approximate surface area is 161 Å². The topological polar surface area (TPSA) is 57.3 Å². The number of anilines is 2. The Bertz CT molecular complexity index is 627. The van der Waals surface area contributed by atoms with Crippen LogP contribution in [0.15, 0.2) is 24.3 Å². The summed E-state index contributed by atoms with van der Waals surface area (Å²) >= 11 is 0. The molecule has 1 N–H and O–H groups in total. The van der Waals surface area contributed by atoms with Gasteiger partial charge in [-0.1, -0.05) is 0 Å². The van der Waals surface area contributed by atoms with E-state index in [-0.39, 0.29) is 5.91 Å². The van der Waals surface area contributed by atoms with E-state index in [1.54, 1.807) is 0 Å². The van der Waals surface area contributed by atoms with Gasteiger partial charge in [-0.15, -0.1) is 0 Å². The number of carbonyl (C=O) groups excluding carboxylic acids is 1. The van der Waals surface area contributed by atoms with Gasteiger partial charge in [0.1, 0.15) is 0 Å². The van der Waals surface area contributed by atoms with Gasteiger partial charge in [-0.05, 0) is 31.3 Å². The van der Waals surface area contributed by atoms with Crippen LogP contribution in [0.25, 0.3) is 0 Å². The third kappa shape index (κ3) is 4.36. The average molecular weight is 374 g/mol. The molecule has 1 spiro atoms. The minimum Gasteiger partial charge on any atom is -0.376 e. The van der Waals surface area contributed by atoms with Gasteiger partial charge in [0.2, 0.25) is 5.91 Å². The summed E-state index contributed by atoms with van der Waals surface area (Å²) in [4.78, 5) is 19.2. The van der Waals surface area contributed by atoms with Crippen LogP contribution in [0.2, 0.25) is 0 Å². The quantitative estimate of drug-likeness (QED) is 0.855. The Balaban J connectivity index is 1.23. The van der Waals surface area contributed by atoms with Crippen molar-refractivity contribution in [1.82, 2.24) is 9.80 Å². The molecule has 1 aromatic rings. The van der Waals surface area contributed by atoms with Crippen LogP contribution in [0.1, 0.15) is 12.8 Å². The van der Waals surface area contributed by atoms with Gasteiger partial charge in [0.15, 0.2) is 5.79 Å². The third-order valence-corrected chi connectivity index (χ3v) is 5.87. The van der Waals surface area contributed by atoms with Crippen molar-refractivity contribution in [3.05, 3.63) is 24.3 Å². The van der Waals surface area contributed by atoms with Crippen LogP contribution in [-0.4, -0.2) is 87.6 Å². The van der Waals surface area contributed by atoms with Gasteiger partial charge >= 0.3 is 0 Å². The van der Waals surface area contributed by atoms with Gasteiger partial charge in [0, 0.05) is 63.5 Å². The first-order valence-electron chi connectivity index (χ1n) is 9.97. The van der Waals surface area contributed by atoms with Crippen molar-refractivity contribution in [2.45, 2.75) is 18.6 Å². The first-order valence-corrected chi connectivity index (χ1v) is 9.97. The predicted octanol–water partition coefficient (Wildman–Crippen LogP) is 1.22. The lowest BCUT2D eigenvalue weighted by Gasteiger charge is -2.37. The molecule has 4 rings (SSSR count). The molecule has 0 bridgehead atoms. The van der Waals surface area contributed by atoms with Crippen molar-refractivity contribution in [3.8, 4) is 0 Å². The molecule has 0 radical (unpaired) electrons. The molecular weight excluding hydrogens is 344 g/mol. The number of ether oxygens (including phenoxy) is 2. The molecule has 0 unspecified atom stereocenters. The number of likely N-dealkylation sites (tertiary alicyclic amines) is 1. The molecule has 27 heavy (non-hydrogen) atoms. The molecule has 3 heterocycles. The van der Waals surface area contributed by atoms with E-state index in [2.05, 4.69) is 46.4 Å². The van der Waals surface area contributed by atoms with E-state index < -0.39 is 5.79 Å². The molecule has 0 aromatic heterocycles. The highest BCUT2D eigenvalue weighted by molar-refractivity contribution is 5.81. The maximum Gasteiger partial charge on any atom is 0.241 e. The highest BCUT2D eigenvalue weighted by atomic mass is 16.7. The smallest absolute Gasteiger partial charge is 0.241 e. The van der Waals surface area contributed by atoms with E-state index in [0.29, 0.717) is 32.8 Å². The largest absolute Gasteiger partial charge is 0.376 e. The second-order valence-electron chi connectivity index (χ2n) is 7.68. The van der Waals surface area contributed by atoms with Crippen LogP contribution in [0, 0.1) is 0 Å². The number of hydrogen-bond acceptors (Lipinski definition) is 6. The average Bonchev–Trinajstić information content (AvgIpc) is 3.16. The summed E-state index contributed by atoms with van der Waals surface area (Å²) < 4.78 is 11.4. The molecule has 148 valence electrons. The monoisotopic (exact) mass is 374 g/mol. The first kappa shape index (κ1) is 18.5. The van der Waals surface area contributed by atoms with Gasteiger partial charge < -0.3 is 29.5 Å². The first-order chi connectivity index (χ1) is 13.1. The summed E-state index contributed by atoms with van der Waals surface area (Å²) in [6.07, 6.45) is 1.52. The zero-order valence-corrected chi connectivity index (χ0v) is 16.2. The van der Waals surface area contributed by atoms with Crippen LogP contribution in [0.4, 0.5) is 11.4 Å². The van der Waals surface area contributed by atoms with Gasteiger partial charge in [-0.2, -0.15) is 0 Å². The molecule has 1 amide bonds. The number of piperazine rings is 1. The van der Waals surface area contributed by atoms with Crippen molar-refractivity contribution in [3.63, 3.8) is 0 Å². The molecule has 7 nitrogen and oxygen atoms in total. The Kier molecular flexibility index (Phi) is 5.52. The summed E-state index contributed by atoms with van der Waals surface area (Å²) in [5.41, 5.74) is 2.23. The number of piperidine rings is 1. The van der Waals surface area contributed by atoms with Crippen molar-refractivity contribution in [2.75, 3.05) is 76.3 Å².